The third-order valence-corrected chi connectivity index (χ3v) is 23.7. The fourth-order valence-electron chi connectivity index (χ4n) is 10.1. The maximum atomic E-state index is 13.2. The number of aliphatic hydroxyl groups excluding tert-OH is 1. The molecule has 1 aliphatic rings. The van der Waals surface area contributed by atoms with Crippen molar-refractivity contribution in [3.05, 3.63) is 133 Å². The second-order valence-electron chi connectivity index (χ2n) is 20.3. The van der Waals surface area contributed by atoms with Gasteiger partial charge in [0.2, 0.25) is 0 Å². The zero-order chi connectivity index (χ0) is 46.0. The van der Waals surface area contributed by atoms with E-state index in [1.165, 1.54) is 36.1 Å². The minimum atomic E-state index is -3.03. The van der Waals surface area contributed by atoms with Gasteiger partial charge in [0.25, 0.3) is 16.6 Å². The van der Waals surface area contributed by atoms with E-state index in [1.807, 2.05) is 18.2 Å². The van der Waals surface area contributed by atoms with Gasteiger partial charge < -0.3 is 28.5 Å². The lowest BCUT2D eigenvalue weighted by Crippen LogP contribution is -2.68. The third-order valence-electron chi connectivity index (χ3n) is 13.6. The second kappa shape index (κ2) is 24.5. The molecule has 5 rings (SSSR count). The molecule has 4 aromatic rings. The Morgan fingerprint density at radius 2 is 1.00 bits per heavy atom. The highest BCUT2D eigenvalue weighted by Gasteiger charge is 2.53. The molecule has 0 bridgehead atoms. The smallest absolute Gasteiger partial charge is 0.261 e. The Morgan fingerprint density at radius 3 is 1.41 bits per heavy atom. The normalized spacial score (nSPS) is 16.3. The van der Waals surface area contributed by atoms with Gasteiger partial charge in [0, 0.05) is 31.8 Å². The first-order chi connectivity index (χ1) is 30.8. The predicted molar refractivity (Wildman–Crippen MR) is 272 cm³/mol. The highest BCUT2D eigenvalue weighted by molar-refractivity contribution is 7.00. The number of allylic oxidation sites excluding steroid dienone is 1. The molecule has 0 unspecified atom stereocenters. The van der Waals surface area contributed by atoms with Crippen LogP contribution in [0.15, 0.2) is 133 Å². The van der Waals surface area contributed by atoms with E-state index in [9.17, 15) is 10.2 Å². The molecule has 0 amide bonds. The predicted octanol–water partition coefficient (Wildman–Crippen LogP) is 10.9. The molecule has 1 fully saturated rings. The molecule has 1 saturated heterocycles. The quantitative estimate of drug-likeness (QED) is 0.0353. The summed E-state index contributed by atoms with van der Waals surface area (Å²) in [6.07, 6.45) is 17.9. The van der Waals surface area contributed by atoms with Gasteiger partial charge in [-0.15, -0.1) is 0 Å². The largest absolute Gasteiger partial charge is 0.407 e. The number of ether oxygens (including phenoxy) is 2. The highest BCUT2D eigenvalue weighted by Crippen LogP contribution is 2.40. The van der Waals surface area contributed by atoms with Gasteiger partial charge in [-0.1, -0.05) is 220 Å². The fourth-order valence-corrected chi connectivity index (χ4v) is 19.3. The molecule has 1 aliphatic heterocycles. The average Bonchev–Trinajstić information content (AvgIpc) is 3.76. The lowest BCUT2D eigenvalue weighted by atomic mass is 9.85. The third kappa shape index (κ3) is 13.0. The first-order valence-electron chi connectivity index (χ1n) is 24.5. The van der Waals surface area contributed by atoms with Crippen molar-refractivity contribution in [1.82, 2.24) is 0 Å². The Morgan fingerprint density at radius 1 is 0.594 bits per heavy atom. The van der Waals surface area contributed by atoms with Gasteiger partial charge in [-0.2, -0.15) is 0 Å². The van der Waals surface area contributed by atoms with Crippen LogP contribution in [0.5, 0.6) is 0 Å². The Hall–Kier alpha value is -3.19. The van der Waals surface area contributed by atoms with Crippen LogP contribution in [0, 0.1) is 5.92 Å². The van der Waals surface area contributed by atoms with Crippen molar-refractivity contribution in [2.24, 2.45) is 5.92 Å². The second-order valence-corrected chi connectivity index (χ2v) is 28.9. The van der Waals surface area contributed by atoms with Crippen molar-refractivity contribution < 1.29 is 28.5 Å². The van der Waals surface area contributed by atoms with Crippen LogP contribution < -0.4 is 20.7 Å². The summed E-state index contributed by atoms with van der Waals surface area (Å²) in [5, 5.41) is 28.7. The molecule has 8 heteroatoms. The standard InChI is InChI=1S/C56H82O6Si2/c1-8-9-10-14-29-40-56(59-44-45-60-56)41-30-15-12-11-13-20-31-48(46-57)55(58,47-62-64(54(5,6)7,51-36-25-18-26-37-51)52-38-27-19-28-39-52)42-43-61-63(53(2,3)4,49-32-21-16-22-33-49)50-34-23-17-24-35-50/h16-28,31-39,48,57-58H,8-15,29-30,40-47H2,1-7H3/b31-20+/t48-,55-/m1/s1. The summed E-state index contributed by atoms with van der Waals surface area (Å²) in [4.78, 5) is 0. The summed E-state index contributed by atoms with van der Waals surface area (Å²) in [6, 6.07) is 42.5. The van der Waals surface area contributed by atoms with Crippen LogP contribution in [0.4, 0.5) is 0 Å². The molecular formula is C56H82O6Si2. The first kappa shape index (κ1) is 51.8. The Balaban J connectivity index is 1.37. The summed E-state index contributed by atoms with van der Waals surface area (Å²) >= 11 is 0. The maximum absolute atomic E-state index is 13.2. The van der Waals surface area contributed by atoms with E-state index in [0.29, 0.717) is 19.8 Å². The number of hydrogen-bond acceptors (Lipinski definition) is 6. The molecular weight excluding hydrogens is 825 g/mol. The molecule has 1 heterocycles. The fraction of sp³-hybridized carbons (Fsp3) is 0.536. The van der Waals surface area contributed by atoms with E-state index < -0.39 is 28.2 Å². The van der Waals surface area contributed by atoms with Crippen LogP contribution in [-0.2, 0) is 18.3 Å². The molecule has 0 radical (unpaired) electrons. The number of aliphatic hydroxyl groups is 2. The average molecular weight is 907 g/mol. The summed E-state index contributed by atoms with van der Waals surface area (Å²) in [6.45, 7) is 17.4. The Kier molecular flexibility index (Phi) is 19.9. The van der Waals surface area contributed by atoms with Gasteiger partial charge in [0.1, 0.15) is 0 Å². The molecule has 0 aliphatic carbocycles. The number of benzene rings is 4. The van der Waals surface area contributed by atoms with Crippen molar-refractivity contribution >= 4 is 37.4 Å². The number of hydrogen-bond donors (Lipinski definition) is 2. The molecule has 2 N–H and O–H groups in total. The maximum Gasteiger partial charge on any atom is 0.261 e. The number of unbranched alkanes of at least 4 members (excludes halogenated alkanes) is 8. The lowest BCUT2D eigenvalue weighted by molar-refractivity contribution is -0.168. The van der Waals surface area contributed by atoms with Crippen LogP contribution in [0.3, 0.4) is 0 Å². The summed E-state index contributed by atoms with van der Waals surface area (Å²) in [7, 11) is -5.93. The molecule has 4 aromatic carbocycles. The van der Waals surface area contributed by atoms with E-state index in [4.69, 9.17) is 18.3 Å². The van der Waals surface area contributed by atoms with Crippen molar-refractivity contribution in [3.8, 4) is 0 Å². The minimum Gasteiger partial charge on any atom is -0.407 e. The molecule has 0 aromatic heterocycles. The molecule has 0 saturated carbocycles. The van der Waals surface area contributed by atoms with Crippen molar-refractivity contribution in [1.29, 1.82) is 0 Å². The SMILES string of the molecule is CCCCCCCC1(CCCCCC/C=C/[C@H](CO)[C@@](O)(CCO[Si](c2ccccc2)(c2ccccc2)C(C)(C)C)CO[Si](c2ccccc2)(c2ccccc2)C(C)(C)C)OCCO1. The van der Waals surface area contributed by atoms with E-state index >= 15 is 0 Å². The van der Waals surface area contributed by atoms with Gasteiger partial charge in [0.05, 0.1) is 32.0 Å². The van der Waals surface area contributed by atoms with E-state index in [2.05, 4.69) is 164 Å². The van der Waals surface area contributed by atoms with Crippen molar-refractivity contribution in [2.45, 2.75) is 153 Å². The van der Waals surface area contributed by atoms with Crippen LogP contribution in [0.25, 0.3) is 0 Å². The Bertz CT molecular complexity index is 1830. The van der Waals surface area contributed by atoms with E-state index in [0.717, 1.165) is 61.7 Å². The van der Waals surface area contributed by atoms with E-state index in [1.54, 1.807) is 0 Å². The molecule has 2 atom stereocenters. The van der Waals surface area contributed by atoms with Gasteiger partial charge in [-0.25, -0.2) is 0 Å². The van der Waals surface area contributed by atoms with Gasteiger partial charge in [-0.05, 0) is 56.5 Å². The van der Waals surface area contributed by atoms with Crippen LogP contribution in [0.1, 0.15) is 132 Å². The summed E-state index contributed by atoms with van der Waals surface area (Å²) in [5.74, 6) is -0.954. The van der Waals surface area contributed by atoms with Crippen molar-refractivity contribution in [2.75, 3.05) is 33.0 Å². The molecule has 350 valence electrons. The topological polar surface area (TPSA) is 77.4 Å². The summed E-state index contributed by atoms with van der Waals surface area (Å²) in [5.41, 5.74) is -1.43. The number of rotatable bonds is 27. The molecule has 0 spiro atoms. The molecule has 64 heavy (non-hydrogen) atoms. The van der Waals surface area contributed by atoms with Crippen LogP contribution in [-0.4, -0.2) is 71.3 Å². The molecule has 6 nitrogen and oxygen atoms in total. The van der Waals surface area contributed by atoms with Crippen LogP contribution in [0.2, 0.25) is 10.1 Å². The van der Waals surface area contributed by atoms with Crippen molar-refractivity contribution in [3.63, 3.8) is 0 Å². The zero-order valence-electron chi connectivity index (χ0n) is 40.5. The first-order valence-corrected chi connectivity index (χ1v) is 28.4. The lowest BCUT2D eigenvalue weighted by Gasteiger charge is -2.46. The monoisotopic (exact) mass is 907 g/mol. The minimum absolute atomic E-state index is 0.0461. The van der Waals surface area contributed by atoms with Gasteiger partial charge in [-0.3, -0.25) is 0 Å². The van der Waals surface area contributed by atoms with Gasteiger partial charge >= 0.3 is 0 Å². The zero-order valence-corrected chi connectivity index (χ0v) is 42.5. The van der Waals surface area contributed by atoms with Gasteiger partial charge in [0.15, 0.2) is 5.79 Å². The Labute approximate surface area is 390 Å². The van der Waals surface area contributed by atoms with Crippen LogP contribution >= 0.6 is 0 Å². The summed E-state index contributed by atoms with van der Waals surface area (Å²) < 4.78 is 27.2. The highest BCUT2D eigenvalue weighted by atomic mass is 28.4. The van der Waals surface area contributed by atoms with E-state index in [-0.39, 0.29) is 35.5 Å².